The van der Waals surface area contributed by atoms with Gasteiger partial charge in [-0.1, -0.05) is 420 Å². The second-order valence-corrected chi connectivity index (χ2v) is 35.3. The fourth-order valence-electron chi connectivity index (χ4n) is 13.7. The molecule has 0 spiro atoms. The zero-order chi connectivity index (χ0) is 78.5. The van der Waals surface area contributed by atoms with Crippen LogP contribution >= 0.6 is 15.6 Å². The first-order chi connectivity index (χ1) is 51.9. The van der Waals surface area contributed by atoms with Gasteiger partial charge in [0.25, 0.3) is 0 Å². The number of ether oxygens (including phenoxy) is 4. The molecule has 0 amide bonds. The van der Waals surface area contributed by atoms with Crippen LogP contribution in [0.4, 0.5) is 0 Å². The van der Waals surface area contributed by atoms with E-state index in [2.05, 4.69) is 41.5 Å². The average molecular weight is 1560 g/mol. The highest BCUT2D eigenvalue weighted by molar-refractivity contribution is 7.47. The van der Waals surface area contributed by atoms with E-state index in [0.29, 0.717) is 31.6 Å². The fraction of sp³-hybridized carbons (Fsp3) is 0.955. The van der Waals surface area contributed by atoms with Gasteiger partial charge in [0.05, 0.1) is 26.4 Å². The zero-order valence-corrected chi connectivity index (χ0v) is 72.2. The van der Waals surface area contributed by atoms with Crippen molar-refractivity contribution >= 4 is 39.5 Å². The van der Waals surface area contributed by atoms with Crippen molar-refractivity contribution in [3.05, 3.63) is 0 Å². The molecule has 0 aliphatic rings. The standard InChI is InChI=1S/C88H172O17P2/c1-7-10-12-14-16-18-20-22-24-25-26-27-28-32-36-39-43-47-51-58-64-70-85(90)98-76-83(104-87(92)72-67-61-53-49-45-41-37-33-30-29-31-35-38-42-46-50-57-63-69-81(6)9-3)78-102-106(94,95)100-74-82(89)75-101-107(96,97)103-79-84(77-99-86(91)71-65-59-55-54-56-62-68-80(4)5)105-88(93)73-66-60-52-48-44-40-34-23-21-19-17-15-13-11-8-2/h80-84,89H,7-79H2,1-6H3,(H,94,95)(H,96,97)/t81?,82-,83-,84-/m1/s1. The Morgan fingerprint density at radius 1 is 0.271 bits per heavy atom. The van der Waals surface area contributed by atoms with Gasteiger partial charge in [-0.25, -0.2) is 9.13 Å². The van der Waals surface area contributed by atoms with E-state index in [9.17, 15) is 43.2 Å². The van der Waals surface area contributed by atoms with Gasteiger partial charge in [0.1, 0.15) is 19.3 Å². The number of phosphoric acid groups is 2. The molecule has 0 aromatic heterocycles. The molecule has 0 fully saturated rings. The van der Waals surface area contributed by atoms with Gasteiger partial charge in [-0.3, -0.25) is 37.3 Å². The molecule has 0 radical (unpaired) electrons. The Morgan fingerprint density at radius 2 is 0.477 bits per heavy atom. The lowest BCUT2D eigenvalue weighted by molar-refractivity contribution is -0.161. The maximum absolute atomic E-state index is 13.2. The number of carbonyl (C=O) groups excluding carboxylic acids is 4. The van der Waals surface area contributed by atoms with Crippen LogP contribution in [0, 0.1) is 11.8 Å². The van der Waals surface area contributed by atoms with Crippen molar-refractivity contribution < 1.29 is 80.2 Å². The number of hydrogen-bond acceptors (Lipinski definition) is 15. The lowest BCUT2D eigenvalue weighted by Crippen LogP contribution is -2.30. The minimum absolute atomic E-state index is 0.107. The number of carbonyl (C=O) groups is 4. The van der Waals surface area contributed by atoms with Crippen LogP contribution in [0.25, 0.3) is 0 Å². The molecule has 3 N–H and O–H groups in total. The van der Waals surface area contributed by atoms with Crippen LogP contribution in [0.2, 0.25) is 0 Å². The van der Waals surface area contributed by atoms with E-state index in [-0.39, 0.29) is 25.7 Å². The highest BCUT2D eigenvalue weighted by Gasteiger charge is 2.31. The van der Waals surface area contributed by atoms with E-state index in [0.717, 1.165) is 102 Å². The Bertz CT molecular complexity index is 2050. The van der Waals surface area contributed by atoms with E-state index in [1.54, 1.807) is 0 Å². The maximum Gasteiger partial charge on any atom is 0.472 e. The quantitative estimate of drug-likeness (QED) is 0.0222. The Hall–Kier alpha value is -1.94. The Kier molecular flexibility index (Phi) is 77.9. The molecule has 107 heavy (non-hydrogen) atoms. The normalized spacial score (nSPS) is 14.0. The van der Waals surface area contributed by atoms with Crippen LogP contribution in [-0.2, 0) is 65.4 Å². The van der Waals surface area contributed by atoms with Crippen molar-refractivity contribution in [2.75, 3.05) is 39.6 Å². The number of aliphatic hydroxyl groups excluding tert-OH is 1. The number of aliphatic hydroxyl groups is 1. The molecule has 17 nitrogen and oxygen atoms in total. The summed E-state index contributed by atoms with van der Waals surface area (Å²) in [6.45, 7) is 9.66. The van der Waals surface area contributed by atoms with E-state index in [1.807, 2.05) is 0 Å². The summed E-state index contributed by atoms with van der Waals surface area (Å²) in [6, 6.07) is 0. The van der Waals surface area contributed by atoms with Crippen LogP contribution in [0.1, 0.15) is 472 Å². The van der Waals surface area contributed by atoms with Gasteiger partial charge in [-0.2, -0.15) is 0 Å². The number of esters is 4. The summed E-state index contributed by atoms with van der Waals surface area (Å²) >= 11 is 0. The molecule has 0 aliphatic carbocycles. The topological polar surface area (TPSA) is 237 Å². The third-order valence-corrected chi connectivity index (χ3v) is 23.0. The van der Waals surface area contributed by atoms with E-state index in [4.69, 9.17) is 37.0 Å². The summed E-state index contributed by atoms with van der Waals surface area (Å²) in [5, 5.41) is 10.7. The fourth-order valence-corrected chi connectivity index (χ4v) is 15.3. The Labute approximate surface area is 658 Å². The largest absolute Gasteiger partial charge is 0.472 e. The first-order valence-corrected chi connectivity index (χ1v) is 48.5. The molecule has 0 aliphatic heterocycles. The number of phosphoric ester groups is 2. The van der Waals surface area contributed by atoms with E-state index >= 15 is 0 Å². The van der Waals surface area contributed by atoms with Crippen molar-refractivity contribution in [1.29, 1.82) is 0 Å². The Morgan fingerprint density at radius 3 is 0.710 bits per heavy atom. The number of hydrogen-bond donors (Lipinski definition) is 3. The summed E-state index contributed by atoms with van der Waals surface area (Å²) in [5.74, 6) is -0.552. The van der Waals surface area contributed by atoms with Gasteiger partial charge < -0.3 is 33.8 Å². The second kappa shape index (κ2) is 79.3. The molecule has 0 saturated carbocycles. The number of unbranched alkanes of at least 4 members (excludes halogenated alkanes) is 56. The van der Waals surface area contributed by atoms with Crippen LogP contribution in [0.3, 0.4) is 0 Å². The van der Waals surface area contributed by atoms with Gasteiger partial charge >= 0.3 is 39.5 Å². The van der Waals surface area contributed by atoms with Crippen LogP contribution in [0.5, 0.6) is 0 Å². The monoisotopic (exact) mass is 1560 g/mol. The van der Waals surface area contributed by atoms with Gasteiger partial charge in [-0.05, 0) is 37.5 Å². The summed E-state index contributed by atoms with van der Waals surface area (Å²) in [7, 11) is -9.93. The Balaban J connectivity index is 5.19. The third-order valence-electron chi connectivity index (χ3n) is 21.1. The van der Waals surface area contributed by atoms with E-state index < -0.39 is 97.5 Å². The molecular weight excluding hydrogens is 1390 g/mol. The lowest BCUT2D eigenvalue weighted by Gasteiger charge is -2.21. The van der Waals surface area contributed by atoms with Gasteiger partial charge in [0, 0.05) is 25.7 Å². The predicted octanol–water partition coefficient (Wildman–Crippen LogP) is 27.0. The lowest BCUT2D eigenvalue weighted by atomic mass is 9.99. The molecule has 0 aromatic rings. The summed E-state index contributed by atoms with van der Waals surface area (Å²) < 4.78 is 68.9. The molecular formula is C88H172O17P2. The first kappa shape index (κ1) is 105. The van der Waals surface area contributed by atoms with Crippen molar-refractivity contribution in [2.24, 2.45) is 11.8 Å². The maximum atomic E-state index is 13.2. The van der Waals surface area contributed by atoms with Gasteiger partial charge in [0.2, 0.25) is 0 Å². The van der Waals surface area contributed by atoms with Crippen molar-refractivity contribution in [2.45, 2.75) is 490 Å². The smallest absolute Gasteiger partial charge is 0.462 e. The molecule has 0 rings (SSSR count). The average Bonchev–Trinajstić information content (AvgIpc) is 0.901. The van der Waals surface area contributed by atoms with Gasteiger partial charge in [0.15, 0.2) is 12.2 Å². The highest BCUT2D eigenvalue weighted by Crippen LogP contribution is 2.45. The van der Waals surface area contributed by atoms with Crippen molar-refractivity contribution in [1.82, 2.24) is 0 Å². The molecule has 3 unspecified atom stereocenters. The highest BCUT2D eigenvalue weighted by atomic mass is 31.2. The zero-order valence-electron chi connectivity index (χ0n) is 70.5. The number of rotatable bonds is 87. The molecule has 0 heterocycles. The third kappa shape index (κ3) is 80.5. The summed E-state index contributed by atoms with van der Waals surface area (Å²) in [6.07, 6.45) is 72.5. The van der Waals surface area contributed by atoms with Crippen LogP contribution in [0.15, 0.2) is 0 Å². The van der Waals surface area contributed by atoms with Crippen LogP contribution in [-0.4, -0.2) is 96.7 Å². The van der Waals surface area contributed by atoms with Crippen molar-refractivity contribution in [3.8, 4) is 0 Å². The molecule has 19 heteroatoms. The second-order valence-electron chi connectivity index (χ2n) is 32.4. The molecule has 636 valence electrons. The van der Waals surface area contributed by atoms with Crippen LogP contribution < -0.4 is 0 Å². The minimum atomic E-state index is -4.97. The minimum Gasteiger partial charge on any atom is -0.462 e. The molecule has 0 aromatic carbocycles. The predicted molar refractivity (Wildman–Crippen MR) is 442 cm³/mol. The molecule has 0 saturated heterocycles. The summed E-state index contributed by atoms with van der Waals surface area (Å²) in [4.78, 5) is 73.2. The van der Waals surface area contributed by atoms with E-state index in [1.165, 1.54) is 283 Å². The molecule has 6 atom stereocenters. The SMILES string of the molecule is CCCCCCCCCCCCCCCCCCCCCCCC(=O)OC[C@H](COP(=O)(O)OC[C@@H](O)COP(=O)(O)OC[C@@H](COC(=O)CCCCCCCCC(C)C)OC(=O)CCCCCCCCCCCCCCCCC)OC(=O)CCCCCCCCCCCCCCCCCCCCC(C)CC. The molecule has 0 bridgehead atoms. The van der Waals surface area contributed by atoms with Gasteiger partial charge in [-0.15, -0.1) is 0 Å². The first-order valence-electron chi connectivity index (χ1n) is 45.5. The van der Waals surface area contributed by atoms with Crippen molar-refractivity contribution in [3.63, 3.8) is 0 Å². The summed E-state index contributed by atoms with van der Waals surface area (Å²) in [5.41, 5.74) is 0.